The van der Waals surface area contributed by atoms with Crippen LogP contribution in [-0.4, -0.2) is 35.3 Å². The average Bonchev–Trinajstić information content (AvgIpc) is 2.88. The molecule has 2 N–H and O–H groups in total. The molecule has 1 aliphatic heterocycles. The van der Waals surface area contributed by atoms with Crippen molar-refractivity contribution in [2.24, 2.45) is 5.92 Å². The Morgan fingerprint density at radius 1 is 1.41 bits per heavy atom. The number of nitrogens with zero attached hydrogens (tertiary/aromatic N) is 2. The van der Waals surface area contributed by atoms with E-state index in [4.69, 9.17) is 11.6 Å². The van der Waals surface area contributed by atoms with Crippen LogP contribution in [-0.2, 0) is 6.54 Å². The highest BCUT2D eigenvalue weighted by Gasteiger charge is 2.18. The molecule has 1 aromatic carbocycles. The molecule has 2 aromatic rings. The molecule has 0 spiro atoms. The predicted molar refractivity (Wildman–Crippen MR) is 88.7 cm³/mol. The number of hydrogen-bond donors (Lipinski definition) is 2. The number of nitrogens with one attached hydrogen (secondary N) is 2. The Hall–Kier alpha value is -1.56. The number of carbonyl (C=O) groups is 1. The van der Waals surface area contributed by atoms with E-state index in [0.717, 1.165) is 18.7 Å². The molecule has 3 rings (SSSR count). The number of amides is 1. The highest BCUT2D eigenvalue weighted by atomic mass is 35.5. The third-order valence-electron chi connectivity index (χ3n) is 3.60. The van der Waals surface area contributed by atoms with Crippen LogP contribution in [0.5, 0.6) is 0 Å². The summed E-state index contributed by atoms with van der Waals surface area (Å²) >= 11 is 6.12. The normalized spacial score (nSPS) is 14.0. The fraction of sp³-hybridized carbons (Fsp3) is 0.333. The molecule has 5 nitrogen and oxygen atoms in total. The van der Waals surface area contributed by atoms with E-state index < -0.39 is 0 Å². The van der Waals surface area contributed by atoms with Crippen LogP contribution in [0.2, 0.25) is 5.02 Å². The van der Waals surface area contributed by atoms with Gasteiger partial charge >= 0.3 is 0 Å². The largest absolute Gasteiger partial charge is 0.352 e. The molecule has 0 bridgehead atoms. The van der Waals surface area contributed by atoms with Crippen LogP contribution in [0.25, 0.3) is 0 Å². The van der Waals surface area contributed by atoms with Crippen molar-refractivity contribution in [1.82, 2.24) is 20.4 Å². The van der Waals surface area contributed by atoms with Gasteiger partial charge in [-0.1, -0.05) is 29.8 Å². The Morgan fingerprint density at radius 2 is 2.18 bits per heavy atom. The van der Waals surface area contributed by atoms with E-state index in [0.29, 0.717) is 29.6 Å². The quantitative estimate of drug-likeness (QED) is 0.874. The molecule has 1 aromatic heterocycles. The Bertz CT molecular complexity index is 640. The maximum atomic E-state index is 12.0. The summed E-state index contributed by atoms with van der Waals surface area (Å²) in [5.41, 5.74) is 1.56. The SMILES string of the molecule is Cl.O=C(NCC1CNC1)c1cnn(Cc2ccccc2Cl)c1. The minimum absolute atomic E-state index is 0. The van der Waals surface area contributed by atoms with Gasteiger partial charge in [0.2, 0.25) is 0 Å². The first-order chi connectivity index (χ1) is 10.2. The Kier molecular flexibility index (Phi) is 5.83. The molecule has 0 saturated carbocycles. The first kappa shape index (κ1) is 16.8. The number of aromatic nitrogens is 2. The monoisotopic (exact) mass is 340 g/mol. The van der Waals surface area contributed by atoms with Crippen molar-refractivity contribution in [3.63, 3.8) is 0 Å². The van der Waals surface area contributed by atoms with Gasteiger partial charge in [0.15, 0.2) is 0 Å². The Labute approximate surface area is 140 Å². The van der Waals surface area contributed by atoms with Gasteiger partial charge in [0.05, 0.1) is 18.3 Å². The van der Waals surface area contributed by atoms with E-state index in [2.05, 4.69) is 15.7 Å². The minimum Gasteiger partial charge on any atom is -0.352 e. The lowest BCUT2D eigenvalue weighted by Crippen LogP contribution is -2.48. The van der Waals surface area contributed by atoms with Crippen LogP contribution < -0.4 is 10.6 Å². The highest BCUT2D eigenvalue weighted by Crippen LogP contribution is 2.16. The molecule has 0 atom stereocenters. The third-order valence-corrected chi connectivity index (χ3v) is 3.97. The average molecular weight is 341 g/mol. The Balaban J connectivity index is 0.00000176. The first-order valence-electron chi connectivity index (χ1n) is 6.97. The van der Waals surface area contributed by atoms with Crippen LogP contribution >= 0.6 is 24.0 Å². The molecule has 2 heterocycles. The predicted octanol–water partition coefficient (Wildman–Crippen LogP) is 1.96. The van der Waals surface area contributed by atoms with Gasteiger partial charge in [-0.2, -0.15) is 5.10 Å². The van der Waals surface area contributed by atoms with Crippen LogP contribution in [0.4, 0.5) is 0 Å². The van der Waals surface area contributed by atoms with Crippen LogP contribution in [0.15, 0.2) is 36.7 Å². The molecule has 1 amide bonds. The van der Waals surface area contributed by atoms with E-state index >= 15 is 0 Å². The molecule has 118 valence electrons. The van der Waals surface area contributed by atoms with Gasteiger partial charge in [0.25, 0.3) is 5.91 Å². The molecule has 0 aliphatic carbocycles. The highest BCUT2D eigenvalue weighted by molar-refractivity contribution is 6.31. The van der Waals surface area contributed by atoms with Gasteiger partial charge in [-0.05, 0) is 11.6 Å². The number of halogens is 2. The van der Waals surface area contributed by atoms with Crippen molar-refractivity contribution < 1.29 is 4.79 Å². The standard InChI is InChI=1S/C15H17ClN4O.ClH/c16-14-4-2-1-3-12(14)9-20-10-13(8-19-20)15(21)18-7-11-5-17-6-11;/h1-4,8,10-11,17H,5-7,9H2,(H,18,21);1H. The summed E-state index contributed by atoms with van der Waals surface area (Å²) in [6.07, 6.45) is 3.34. The maximum absolute atomic E-state index is 12.0. The zero-order valence-corrected chi connectivity index (χ0v) is 13.5. The molecule has 7 heteroatoms. The number of benzene rings is 1. The topological polar surface area (TPSA) is 59.0 Å². The summed E-state index contributed by atoms with van der Waals surface area (Å²) in [5, 5.41) is 11.0. The zero-order chi connectivity index (χ0) is 14.7. The lowest BCUT2D eigenvalue weighted by Gasteiger charge is -2.26. The summed E-state index contributed by atoms with van der Waals surface area (Å²) in [6, 6.07) is 7.63. The van der Waals surface area contributed by atoms with Crippen molar-refractivity contribution in [1.29, 1.82) is 0 Å². The van der Waals surface area contributed by atoms with Crippen molar-refractivity contribution >= 4 is 29.9 Å². The summed E-state index contributed by atoms with van der Waals surface area (Å²) in [5.74, 6) is 0.472. The molecular weight excluding hydrogens is 323 g/mol. The molecular formula is C15H18Cl2N4O. The number of carbonyl (C=O) groups excluding carboxylic acids is 1. The van der Waals surface area contributed by atoms with Crippen LogP contribution in [0.1, 0.15) is 15.9 Å². The molecule has 1 saturated heterocycles. The van der Waals surface area contributed by atoms with Gasteiger partial charge in [-0.3, -0.25) is 9.48 Å². The van der Waals surface area contributed by atoms with Crippen molar-refractivity contribution in [2.75, 3.05) is 19.6 Å². The second-order valence-electron chi connectivity index (χ2n) is 5.25. The second-order valence-corrected chi connectivity index (χ2v) is 5.66. The number of hydrogen-bond acceptors (Lipinski definition) is 3. The zero-order valence-electron chi connectivity index (χ0n) is 12.0. The van der Waals surface area contributed by atoms with E-state index in [-0.39, 0.29) is 18.3 Å². The lowest BCUT2D eigenvalue weighted by atomic mass is 10.0. The fourth-order valence-electron chi connectivity index (χ4n) is 2.20. The molecule has 0 unspecified atom stereocenters. The molecule has 1 fully saturated rings. The van der Waals surface area contributed by atoms with Crippen LogP contribution in [0, 0.1) is 5.92 Å². The summed E-state index contributed by atoms with van der Waals surface area (Å²) in [6.45, 7) is 3.22. The van der Waals surface area contributed by atoms with Crippen molar-refractivity contribution in [2.45, 2.75) is 6.54 Å². The van der Waals surface area contributed by atoms with Gasteiger partial charge in [-0.15, -0.1) is 12.4 Å². The van der Waals surface area contributed by atoms with E-state index in [1.165, 1.54) is 0 Å². The van der Waals surface area contributed by atoms with Crippen molar-refractivity contribution in [3.8, 4) is 0 Å². The second kappa shape index (κ2) is 7.63. The van der Waals surface area contributed by atoms with E-state index in [1.54, 1.807) is 17.1 Å². The van der Waals surface area contributed by atoms with Crippen LogP contribution in [0.3, 0.4) is 0 Å². The molecule has 22 heavy (non-hydrogen) atoms. The van der Waals surface area contributed by atoms with Gasteiger partial charge in [-0.25, -0.2) is 0 Å². The lowest BCUT2D eigenvalue weighted by molar-refractivity contribution is 0.0942. The van der Waals surface area contributed by atoms with Gasteiger partial charge < -0.3 is 10.6 Å². The fourth-order valence-corrected chi connectivity index (χ4v) is 2.40. The third kappa shape index (κ3) is 4.00. The Morgan fingerprint density at radius 3 is 2.86 bits per heavy atom. The van der Waals surface area contributed by atoms with Gasteiger partial charge in [0, 0.05) is 36.8 Å². The smallest absolute Gasteiger partial charge is 0.254 e. The summed E-state index contributed by atoms with van der Waals surface area (Å²) in [7, 11) is 0. The summed E-state index contributed by atoms with van der Waals surface area (Å²) < 4.78 is 1.72. The maximum Gasteiger partial charge on any atom is 0.254 e. The molecule has 1 aliphatic rings. The number of rotatable bonds is 5. The minimum atomic E-state index is -0.0766. The molecule has 0 radical (unpaired) electrons. The van der Waals surface area contributed by atoms with Gasteiger partial charge in [0.1, 0.15) is 0 Å². The summed E-state index contributed by atoms with van der Waals surface area (Å²) in [4.78, 5) is 12.0. The van der Waals surface area contributed by atoms with E-state index in [1.807, 2.05) is 24.3 Å². The van der Waals surface area contributed by atoms with Crippen molar-refractivity contribution in [3.05, 3.63) is 52.8 Å². The first-order valence-corrected chi connectivity index (χ1v) is 7.35. The van der Waals surface area contributed by atoms with E-state index in [9.17, 15) is 4.79 Å².